The van der Waals surface area contributed by atoms with Gasteiger partial charge in [-0.3, -0.25) is 14.9 Å². The van der Waals surface area contributed by atoms with Crippen LogP contribution in [0.5, 0.6) is 5.75 Å². The van der Waals surface area contributed by atoms with Crippen molar-refractivity contribution in [3.63, 3.8) is 0 Å². The molecule has 0 saturated heterocycles. The van der Waals surface area contributed by atoms with Crippen LogP contribution in [0.2, 0.25) is 0 Å². The van der Waals surface area contributed by atoms with Gasteiger partial charge in [0.25, 0.3) is 0 Å². The smallest absolute Gasteiger partial charge is 0.311 e. The van der Waals surface area contributed by atoms with Gasteiger partial charge in [-0.25, -0.2) is 0 Å². The fourth-order valence-corrected chi connectivity index (χ4v) is 1.34. The molecular formula is C9H10NO4P. The third-order valence-corrected chi connectivity index (χ3v) is 2.18. The second kappa shape index (κ2) is 4.84. The first-order valence-corrected chi connectivity index (χ1v) is 4.75. The number of rotatable bonds is 4. The van der Waals surface area contributed by atoms with Crippen LogP contribution < -0.4 is 4.52 Å². The maximum atomic E-state index is 11.3. The highest BCUT2D eigenvalue weighted by atomic mass is 31.0. The second-order valence-corrected chi connectivity index (χ2v) is 3.07. The molecule has 0 aromatic heterocycles. The first kappa shape index (κ1) is 11.6. The van der Waals surface area contributed by atoms with Gasteiger partial charge in [-0.15, -0.1) is 0 Å². The van der Waals surface area contributed by atoms with Gasteiger partial charge in [0, 0.05) is 18.1 Å². The third kappa shape index (κ3) is 2.50. The van der Waals surface area contributed by atoms with Gasteiger partial charge >= 0.3 is 5.69 Å². The van der Waals surface area contributed by atoms with Crippen molar-refractivity contribution in [1.82, 2.24) is 0 Å². The molecule has 0 N–H and O–H groups in total. The Morgan fingerprint density at radius 3 is 2.73 bits per heavy atom. The zero-order valence-corrected chi connectivity index (χ0v) is 9.25. The zero-order chi connectivity index (χ0) is 11.4. The molecule has 0 fully saturated rings. The van der Waals surface area contributed by atoms with E-state index in [-0.39, 0.29) is 17.2 Å². The molecule has 1 rings (SSSR count). The van der Waals surface area contributed by atoms with E-state index in [1.54, 1.807) is 6.92 Å². The molecule has 0 heterocycles. The quantitative estimate of drug-likeness (QED) is 0.342. The van der Waals surface area contributed by atoms with E-state index < -0.39 is 4.92 Å². The van der Waals surface area contributed by atoms with Crippen molar-refractivity contribution < 1.29 is 14.2 Å². The molecule has 1 atom stereocenters. The van der Waals surface area contributed by atoms with E-state index in [1.807, 2.05) is 9.47 Å². The van der Waals surface area contributed by atoms with Crippen LogP contribution in [0.3, 0.4) is 0 Å². The molecule has 0 radical (unpaired) electrons. The summed E-state index contributed by atoms with van der Waals surface area (Å²) in [7, 11) is 1.94. The molecule has 1 unspecified atom stereocenters. The van der Waals surface area contributed by atoms with Crippen molar-refractivity contribution in [2.45, 2.75) is 13.3 Å². The van der Waals surface area contributed by atoms with Gasteiger partial charge < -0.3 is 4.52 Å². The Labute approximate surface area is 88.9 Å². The summed E-state index contributed by atoms with van der Waals surface area (Å²) in [5.41, 5.74) is 0.124. The lowest BCUT2D eigenvalue weighted by molar-refractivity contribution is -0.385. The first-order chi connectivity index (χ1) is 7.10. The van der Waals surface area contributed by atoms with Crippen molar-refractivity contribution in [2.75, 3.05) is 0 Å². The first-order valence-electron chi connectivity index (χ1n) is 4.28. The molecule has 0 bridgehead atoms. The van der Waals surface area contributed by atoms with E-state index >= 15 is 0 Å². The van der Waals surface area contributed by atoms with Gasteiger partial charge in [0.1, 0.15) is 0 Å². The average Bonchev–Trinajstić information content (AvgIpc) is 2.27. The van der Waals surface area contributed by atoms with Crippen LogP contribution in [0, 0.1) is 10.1 Å². The van der Waals surface area contributed by atoms with E-state index in [0.29, 0.717) is 12.0 Å². The maximum Gasteiger partial charge on any atom is 0.311 e. The summed E-state index contributed by atoms with van der Waals surface area (Å²) in [6.07, 6.45) is 0.318. The lowest BCUT2D eigenvalue weighted by Gasteiger charge is -2.02. The number of benzene rings is 1. The minimum absolute atomic E-state index is 0.123. The highest BCUT2D eigenvalue weighted by Gasteiger charge is 2.17. The van der Waals surface area contributed by atoms with Gasteiger partial charge in [-0.05, 0) is 12.1 Å². The number of carbonyl (C=O) groups excluding carboxylic acids is 1. The van der Waals surface area contributed by atoms with Gasteiger partial charge in [0.15, 0.2) is 11.5 Å². The molecule has 15 heavy (non-hydrogen) atoms. The molecule has 0 aliphatic carbocycles. The largest absolute Gasteiger partial charge is 0.473 e. The summed E-state index contributed by atoms with van der Waals surface area (Å²) in [4.78, 5) is 21.4. The number of hydrogen-bond donors (Lipinski definition) is 0. The standard InChI is InChI=1S/C9H10NO4P/c1-2-8(11)6-3-4-9(14-15)7(5-6)10(12)13/h3-5H,2,15H2,1H3. The lowest BCUT2D eigenvalue weighted by Crippen LogP contribution is -1.99. The number of nitro benzene ring substituents is 1. The zero-order valence-electron chi connectivity index (χ0n) is 8.10. The number of hydrogen-bond acceptors (Lipinski definition) is 4. The summed E-state index contributed by atoms with van der Waals surface area (Å²) < 4.78 is 4.74. The van der Waals surface area contributed by atoms with E-state index in [2.05, 4.69) is 0 Å². The Kier molecular flexibility index (Phi) is 3.74. The Hall–Kier alpha value is -1.48. The Morgan fingerprint density at radius 2 is 2.27 bits per heavy atom. The molecule has 0 spiro atoms. The van der Waals surface area contributed by atoms with Crippen LogP contribution >= 0.6 is 9.47 Å². The van der Waals surface area contributed by atoms with E-state index in [1.165, 1.54) is 18.2 Å². The van der Waals surface area contributed by atoms with E-state index in [9.17, 15) is 14.9 Å². The van der Waals surface area contributed by atoms with Crippen molar-refractivity contribution >= 4 is 20.9 Å². The number of nitro groups is 1. The summed E-state index contributed by atoms with van der Waals surface area (Å²) in [5, 5.41) is 10.6. The normalized spacial score (nSPS) is 9.73. The Morgan fingerprint density at radius 1 is 1.60 bits per heavy atom. The van der Waals surface area contributed by atoms with Crippen LogP contribution in [-0.2, 0) is 0 Å². The highest BCUT2D eigenvalue weighted by molar-refractivity contribution is 7.10. The van der Waals surface area contributed by atoms with Crippen LogP contribution in [0.1, 0.15) is 23.7 Å². The molecule has 0 saturated carbocycles. The third-order valence-electron chi connectivity index (χ3n) is 1.93. The van der Waals surface area contributed by atoms with Crippen molar-refractivity contribution in [1.29, 1.82) is 0 Å². The number of ketones is 1. The lowest BCUT2D eigenvalue weighted by atomic mass is 10.1. The summed E-state index contributed by atoms with van der Waals surface area (Å²) >= 11 is 0. The fraction of sp³-hybridized carbons (Fsp3) is 0.222. The SMILES string of the molecule is CCC(=O)c1ccc(OP)c([N+](=O)[O-])c1. The predicted molar refractivity (Wildman–Crippen MR) is 58.1 cm³/mol. The summed E-state index contributed by atoms with van der Waals surface area (Å²) in [6, 6.07) is 4.15. The van der Waals surface area contributed by atoms with Gasteiger partial charge in [0.2, 0.25) is 0 Å². The summed E-state index contributed by atoms with van der Waals surface area (Å²) in [6.45, 7) is 1.70. The monoisotopic (exact) mass is 227 g/mol. The molecule has 80 valence electrons. The van der Waals surface area contributed by atoms with E-state index in [4.69, 9.17) is 4.52 Å². The van der Waals surface area contributed by atoms with Crippen LogP contribution in [0.15, 0.2) is 18.2 Å². The minimum Gasteiger partial charge on any atom is -0.473 e. The molecule has 5 nitrogen and oxygen atoms in total. The topological polar surface area (TPSA) is 69.4 Å². The maximum absolute atomic E-state index is 11.3. The van der Waals surface area contributed by atoms with Crippen molar-refractivity contribution in [3.05, 3.63) is 33.9 Å². The van der Waals surface area contributed by atoms with Gasteiger partial charge in [0.05, 0.1) is 14.4 Å². The molecule has 0 aliphatic rings. The second-order valence-electron chi connectivity index (χ2n) is 2.83. The van der Waals surface area contributed by atoms with Crippen LogP contribution in [0.25, 0.3) is 0 Å². The Bertz CT molecular complexity index is 405. The van der Waals surface area contributed by atoms with Gasteiger partial charge in [-0.1, -0.05) is 6.92 Å². The van der Waals surface area contributed by atoms with Crippen molar-refractivity contribution in [3.8, 4) is 5.75 Å². The van der Waals surface area contributed by atoms with Crippen molar-refractivity contribution in [2.24, 2.45) is 0 Å². The fourth-order valence-electron chi connectivity index (χ4n) is 1.14. The molecule has 1 aromatic rings. The van der Waals surface area contributed by atoms with Gasteiger partial charge in [-0.2, -0.15) is 0 Å². The molecular weight excluding hydrogens is 217 g/mol. The number of carbonyl (C=O) groups is 1. The summed E-state index contributed by atoms with van der Waals surface area (Å²) in [5.74, 6) is -0.00828. The number of nitrogens with zero attached hydrogens (tertiary/aromatic N) is 1. The highest BCUT2D eigenvalue weighted by Crippen LogP contribution is 2.29. The Balaban J connectivity index is 3.22. The average molecular weight is 227 g/mol. The molecule has 0 amide bonds. The van der Waals surface area contributed by atoms with E-state index in [0.717, 1.165) is 0 Å². The van der Waals surface area contributed by atoms with Crippen LogP contribution in [0.4, 0.5) is 5.69 Å². The molecule has 1 aromatic carbocycles. The number of Topliss-reactive ketones (excluding diaryl/α,β-unsaturated/α-hetero) is 1. The molecule has 0 aliphatic heterocycles. The molecule has 6 heteroatoms. The predicted octanol–water partition coefficient (Wildman–Crippen LogP) is 2.36. The van der Waals surface area contributed by atoms with Crippen LogP contribution in [-0.4, -0.2) is 10.7 Å². The minimum atomic E-state index is -0.578.